The van der Waals surface area contributed by atoms with E-state index in [1.165, 1.54) is 22.6 Å². The normalized spacial score (nSPS) is 12.7. The summed E-state index contributed by atoms with van der Waals surface area (Å²) < 4.78 is 79.1. The van der Waals surface area contributed by atoms with Gasteiger partial charge >= 0.3 is 12.1 Å². The van der Waals surface area contributed by atoms with Crippen LogP contribution in [0.5, 0.6) is 0 Å². The van der Waals surface area contributed by atoms with Gasteiger partial charge in [0.1, 0.15) is 22.7 Å². The van der Waals surface area contributed by atoms with E-state index in [1.807, 2.05) is 0 Å². The van der Waals surface area contributed by atoms with Gasteiger partial charge in [-0.1, -0.05) is 0 Å². The first-order valence-corrected chi connectivity index (χ1v) is 8.88. The number of halogens is 5. The number of fused-ring (bicyclic) bond motifs is 3. The summed E-state index contributed by atoms with van der Waals surface area (Å²) in [7, 11) is 3.01. The first-order chi connectivity index (χ1) is 14.6. The number of methoxy groups -OCH3 is 1. The van der Waals surface area contributed by atoms with Gasteiger partial charge in [0, 0.05) is 38.0 Å². The molecule has 0 amide bonds. The summed E-state index contributed by atoms with van der Waals surface area (Å²) in [4.78, 5) is 9.46. The number of rotatable bonds is 6. The molecule has 0 N–H and O–H groups in total. The first kappa shape index (κ1) is 20.9. The van der Waals surface area contributed by atoms with Crippen LogP contribution in [0.15, 0.2) is 35.2 Å². The number of alkyl halides is 5. The van der Waals surface area contributed by atoms with E-state index in [1.54, 1.807) is 19.2 Å². The minimum absolute atomic E-state index is 0.0612. The zero-order valence-corrected chi connectivity index (χ0v) is 16.2. The zero-order valence-electron chi connectivity index (χ0n) is 16.2. The zero-order chi connectivity index (χ0) is 22.4. The number of hydrogen-bond donors (Lipinski definition) is 0. The molecule has 0 unspecified atom stereocenters. The average molecular weight is 442 g/mol. The predicted octanol–water partition coefficient (Wildman–Crippen LogP) is 3.67. The molecule has 0 bridgehead atoms. The van der Waals surface area contributed by atoms with Gasteiger partial charge in [-0.15, -0.1) is 10.2 Å². The summed E-state index contributed by atoms with van der Waals surface area (Å²) in [6.45, 7) is 0.488. The molecule has 0 fully saturated rings. The summed E-state index contributed by atoms with van der Waals surface area (Å²) in [5.41, 5.74) is -0.945. The third kappa shape index (κ3) is 3.54. The van der Waals surface area contributed by atoms with Gasteiger partial charge in [0.25, 0.3) is 5.89 Å². The fourth-order valence-electron chi connectivity index (χ4n) is 3.07. The van der Waals surface area contributed by atoms with Crippen LogP contribution in [0.1, 0.15) is 5.69 Å². The lowest BCUT2D eigenvalue weighted by atomic mass is 10.1. The number of imidazole rings is 1. The Labute approximate surface area is 171 Å². The molecule has 4 aromatic rings. The van der Waals surface area contributed by atoms with Gasteiger partial charge in [0.15, 0.2) is 0 Å². The Morgan fingerprint density at radius 2 is 1.94 bits per heavy atom. The Balaban J connectivity index is 1.99. The molecule has 0 atom stereocenters. The molecule has 0 radical (unpaired) electrons. The molecule has 0 saturated heterocycles. The molecule has 0 saturated carbocycles. The first-order valence-electron chi connectivity index (χ1n) is 8.88. The van der Waals surface area contributed by atoms with E-state index < -0.39 is 17.8 Å². The number of anilines is 1. The van der Waals surface area contributed by atoms with E-state index in [0.29, 0.717) is 5.39 Å². The van der Waals surface area contributed by atoms with Crippen LogP contribution in [0, 0.1) is 0 Å². The Bertz CT molecular complexity index is 1220. The largest absolute Gasteiger partial charge is 0.459 e. The van der Waals surface area contributed by atoms with Crippen LogP contribution in [0.3, 0.4) is 0 Å². The van der Waals surface area contributed by atoms with Crippen LogP contribution >= 0.6 is 0 Å². The van der Waals surface area contributed by atoms with Crippen LogP contribution in [0.2, 0.25) is 0 Å². The Kier molecular flexibility index (Phi) is 5.00. The average Bonchev–Trinajstić information content (AvgIpc) is 3.39. The van der Waals surface area contributed by atoms with Gasteiger partial charge in [-0.25, -0.2) is 9.97 Å². The van der Waals surface area contributed by atoms with E-state index in [0.717, 1.165) is 12.5 Å². The van der Waals surface area contributed by atoms with Crippen molar-refractivity contribution in [2.45, 2.75) is 12.1 Å². The highest BCUT2D eigenvalue weighted by molar-refractivity contribution is 5.92. The van der Waals surface area contributed by atoms with Crippen molar-refractivity contribution in [3.05, 3.63) is 36.5 Å². The third-order valence-corrected chi connectivity index (χ3v) is 4.68. The number of pyridine rings is 2. The minimum atomic E-state index is -5.81. The van der Waals surface area contributed by atoms with E-state index in [-0.39, 0.29) is 41.7 Å². The Morgan fingerprint density at radius 1 is 1.16 bits per heavy atom. The Hall–Kier alpha value is -3.35. The molecule has 0 aliphatic carbocycles. The second-order valence-corrected chi connectivity index (χ2v) is 6.68. The number of ether oxygens (including phenoxy) is 1. The standard InChI is InChI=1S/C18H15F5N6O2/c1-28(5-6-30-2)12-7-13(17(19,20)18(21,22)23)26-15-10(12)3-4-14-25-11(8-29(14)15)16-27-24-9-31-16/h3-4,7-9H,5-6H2,1-2H3. The molecule has 0 aliphatic rings. The quantitative estimate of drug-likeness (QED) is 0.422. The van der Waals surface area contributed by atoms with Gasteiger partial charge in [0.05, 0.1) is 6.61 Å². The second kappa shape index (κ2) is 7.41. The summed E-state index contributed by atoms with van der Waals surface area (Å²) in [5.74, 6) is -5.10. The van der Waals surface area contributed by atoms with Gasteiger partial charge in [0.2, 0.25) is 6.39 Å². The fourth-order valence-corrected chi connectivity index (χ4v) is 3.07. The highest BCUT2D eigenvalue weighted by atomic mass is 19.4. The van der Waals surface area contributed by atoms with Gasteiger partial charge in [-0.3, -0.25) is 4.40 Å². The van der Waals surface area contributed by atoms with Crippen molar-refractivity contribution in [1.82, 2.24) is 24.6 Å². The molecule has 164 valence electrons. The summed E-state index contributed by atoms with van der Waals surface area (Å²) >= 11 is 0. The number of aromatic nitrogens is 5. The molecule has 0 aromatic carbocycles. The van der Waals surface area contributed by atoms with Crippen molar-refractivity contribution in [3.8, 4) is 11.6 Å². The summed E-state index contributed by atoms with van der Waals surface area (Å²) in [6, 6.07) is 3.88. The van der Waals surface area contributed by atoms with Crippen molar-refractivity contribution in [2.24, 2.45) is 0 Å². The van der Waals surface area contributed by atoms with Crippen LogP contribution in [-0.4, -0.2) is 58.1 Å². The van der Waals surface area contributed by atoms with Crippen molar-refractivity contribution in [3.63, 3.8) is 0 Å². The van der Waals surface area contributed by atoms with E-state index in [2.05, 4.69) is 20.2 Å². The lowest BCUT2D eigenvalue weighted by molar-refractivity contribution is -0.290. The SMILES string of the molecule is COCCN(C)c1cc(C(F)(F)C(F)(F)F)nc2c1ccc1nc(-c3nnco3)cn12. The highest BCUT2D eigenvalue weighted by Gasteiger charge is 2.60. The number of hydrogen-bond acceptors (Lipinski definition) is 7. The molecule has 8 nitrogen and oxygen atoms in total. The van der Waals surface area contributed by atoms with Crippen molar-refractivity contribution >= 4 is 22.4 Å². The lowest BCUT2D eigenvalue weighted by Gasteiger charge is -2.24. The molecule has 0 aliphatic heterocycles. The monoisotopic (exact) mass is 442 g/mol. The van der Waals surface area contributed by atoms with Gasteiger partial charge in [-0.2, -0.15) is 22.0 Å². The highest BCUT2D eigenvalue weighted by Crippen LogP contribution is 2.44. The van der Waals surface area contributed by atoms with Crippen molar-refractivity contribution < 1.29 is 31.1 Å². The molecule has 4 rings (SSSR count). The topological polar surface area (TPSA) is 81.6 Å². The maximum absolute atomic E-state index is 14.2. The third-order valence-electron chi connectivity index (χ3n) is 4.68. The summed E-state index contributed by atoms with van der Waals surface area (Å²) in [6.07, 6.45) is -3.35. The van der Waals surface area contributed by atoms with E-state index in [4.69, 9.17) is 9.15 Å². The van der Waals surface area contributed by atoms with E-state index in [9.17, 15) is 22.0 Å². The van der Waals surface area contributed by atoms with Crippen LogP contribution in [-0.2, 0) is 10.7 Å². The van der Waals surface area contributed by atoms with Gasteiger partial charge in [-0.05, 0) is 18.2 Å². The molecule has 4 aromatic heterocycles. The molecular formula is C18H15F5N6O2. The minimum Gasteiger partial charge on any atom is -0.422 e. The Morgan fingerprint density at radius 3 is 2.58 bits per heavy atom. The second-order valence-electron chi connectivity index (χ2n) is 6.68. The smallest absolute Gasteiger partial charge is 0.422 e. The van der Waals surface area contributed by atoms with Crippen LogP contribution in [0.25, 0.3) is 28.3 Å². The molecule has 4 heterocycles. The molecular weight excluding hydrogens is 427 g/mol. The predicted molar refractivity (Wildman–Crippen MR) is 98.9 cm³/mol. The van der Waals surface area contributed by atoms with Crippen LogP contribution in [0.4, 0.5) is 27.6 Å². The van der Waals surface area contributed by atoms with Crippen LogP contribution < -0.4 is 4.90 Å². The van der Waals surface area contributed by atoms with Crippen molar-refractivity contribution in [2.75, 3.05) is 32.2 Å². The lowest BCUT2D eigenvalue weighted by Crippen LogP contribution is -2.35. The maximum atomic E-state index is 14.2. The molecule has 0 spiro atoms. The number of likely N-dealkylation sites (N-methyl/N-ethyl adjacent to an activating group) is 1. The maximum Gasteiger partial charge on any atom is 0.459 e. The van der Waals surface area contributed by atoms with Crippen molar-refractivity contribution in [1.29, 1.82) is 0 Å². The molecule has 31 heavy (non-hydrogen) atoms. The number of nitrogens with zero attached hydrogens (tertiary/aromatic N) is 6. The summed E-state index contributed by atoms with van der Waals surface area (Å²) in [5, 5.41) is 7.62. The fraction of sp³-hybridized carbons (Fsp3) is 0.333. The van der Waals surface area contributed by atoms with Gasteiger partial charge < -0.3 is 14.1 Å². The molecule has 13 heteroatoms. The van der Waals surface area contributed by atoms with E-state index >= 15 is 0 Å².